The van der Waals surface area contributed by atoms with Gasteiger partial charge in [0.25, 0.3) is 0 Å². The van der Waals surface area contributed by atoms with Gasteiger partial charge in [0.2, 0.25) is 11.7 Å². The maximum Gasteiger partial charge on any atom is 0.239 e. The first-order valence-corrected chi connectivity index (χ1v) is 24.7. The minimum absolute atomic E-state index is 0.0788. The van der Waals surface area contributed by atoms with E-state index in [2.05, 4.69) is 84.3 Å². The fourth-order valence-corrected chi connectivity index (χ4v) is 11.4. The molecule has 2 fully saturated rings. The Morgan fingerprint density at radius 3 is 2.31 bits per heavy atom. The van der Waals surface area contributed by atoms with Crippen LogP contribution in [0, 0.1) is 23.7 Å². The number of rotatable bonds is 20. The van der Waals surface area contributed by atoms with Crippen molar-refractivity contribution in [2.24, 2.45) is 28.8 Å². The Morgan fingerprint density at radius 1 is 0.794 bits per heavy atom. The lowest BCUT2D eigenvalue weighted by Gasteiger charge is -2.60. The first-order chi connectivity index (χ1) is 33.5. The molecule has 6 aromatic rings. The minimum Gasteiger partial charge on any atom is -0.459 e. The van der Waals surface area contributed by atoms with E-state index in [9.17, 15) is 10.2 Å². The average Bonchev–Trinajstić information content (AvgIpc) is 4.23. The highest BCUT2D eigenvalue weighted by molar-refractivity contribution is 6.03. The summed E-state index contributed by atoms with van der Waals surface area (Å²) < 4.78 is 21.6. The smallest absolute Gasteiger partial charge is 0.239 e. The number of ether oxygens (including phenoxy) is 3. The van der Waals surface area contributed by atoms with Crippen LogP contribution in [0.2, 0.25) is 0 Å². The molecule has 0 bridgehead atoms. The van der Waals surface area contributed by atoms with E-state index in [0.29, 0.717) is 37.3 Å². The van der Waals surface area contributed by atoms with Crippen molar-refractivity contribution in [2.45, 2.75) is 88.7 Å². The van der Waals surface area contributed by atoms with Crippen LogP contribution in [0.25, 0.3) is 21.5 Å². The van der Waals surface area contributed by atoms with Crippen LogP contribution in [0.3, 0.4) is 0 Å². The van der Waals surface area contributed by atoms with Gasteiger partial charge in [0.05, 0.1) is 18.2 Å². The molecule has 0 spiro atoms. The second-order valence-electron chi connectivity index (χ2n) is 19.0. The standard InChI is InChI=1S/C59H62N2O7/c1-2-33-65-59-55(61(58(64)43-25-26-43)38-46-22-14-21-42-18-8-9-23-49(42)46)37-53(60-66-39-40-15-4-3-5-16-40)51-35-45(20-10-12-31-62)50(24-11-13-32-63)56(57(51)59)52-36-48(29-30-54(52)68-59)67-47-28-27-41-17-6-7-19-44(41)34-47/h2-9,14-19,21-23,27-30,34-36,43,45,50,55-57,62-63H,1,10-13,20,24-26,31-33,37-39H2. The molecule has 9 nitrogen and oxygen atoms in total. The third-order valence-electron chi connectivity index (χ3n) is 14.7. The van der Waals surface area contributed by atoms with Gasteiger partial charge in [-0.05, 0) is 119 Å². The molecular weight excluding hydrogens is 849 g/mol. The van der Waals surface area contributed by atoms with Gasteiger partial charge in [-0.3, -0.25) is 4.79 Å². The Labute approximate surface area is 399 Å². The Bertz CT molecular complexity index is 2800. The number of hydrogen-bond donors (Lipinski definition) is 2. The number of nitrogens with zero attached hydrogens (tertiary/aromatic N) is 2. The molecule has 350 valence electrons. The monoisotopic (exact) mass is 910 g/mol. The number of oxime groups is 1. The Morgan fingerprint density at radius 2 is 1.51 bits per heavy atom. The van der Waals surface area contributed by atoms with E-state index in [1.54, 1.807) is 6.08 Å². The summed E-state index contributed by atoms with van der Waals surface area (Å²) >= 11 is 0. The highest BCUT2D eigenvalue weighted by Crippen LogP contribution is 2.62. The predicted molar refractivity (Wildman–Crippen MR) is 267 cm³/mol. The molecule has 6 unspecified atom stereocenters. The fraction of sp³-hybridized carbons (Fsp3) is 0.356. The molecule has 6 aromatic carbocycles. The number of aliphatic hydroxyl groups is 2. The molecule has 68 heavy (non-hydrogen) atoms. The van der Waals surface area contributed by atoms with Crippen molar-refractivity contribution >= 4 is 33.2 Å². The van der Waals surface area contributed by atoms with Crippen molar-refractivity contribution in [2.75, 3.05) is 19.8 Å². The van der Waals surface area contributed by atoms with Gasteiger partial charge < -0.3 is 34.2 Å². The van der Waals surface area contributed by atoms with Gasteiger partial charge in [-0.25, -0.2) is 0 Å². The summed E-state index contributed by atoms with van der Waals surface area (Å²) in [4.78, 5) is 23.6. The molecule has 0 saturated heterocycles. The number of unbranched alkanes of at least 4 members (excludes halogenated alkanes) is 2. The van der Waals surface area contributed by atoms with E-state index in [0.717, 1.165) is 93.8 Å². The average molecular weight is 911 g/mol. The SMILES string of the molecule is C=CCOC12Oc3ccc(Oc4ccc5ccccc5c4)cc3C3C(CCCCO)C(CCCCO)C=C(C(=NOCc4ccccc4)CC1N(Cc1cccc4ccccc14)C(=O)C1CC1)C32. The van der Waals surface area contributed by atoms with Crippen LogP contribution in [0.15, 0.2) is 163 Å². The second-order valence-corrected chi connectivity index (χ2v) is 19.0. The zero-order valence-electron chi connectivity index (χ0n) is 38.8. The van der Waals surface area contributed by atoms with Crippen molar-refractivity contribution < 1.29 is 34.1 Å². The van der Waals surface area contributed by atoms with Crippen LogP contribution in [0.4, 0.5) is 0 Å². The quantitative estimate of drug-likeness (QED) is 0.0446. The number of carbonyl (C=O) groups excluding carboxylic acids is 1. The predicted octanol–water partition coefficient (Wildman–Crippen LogP) is 12.1. The van der Waals surface area contributed by atoms with Gasteiger partial charge in [0, 0.05) is 43.6 Å². The van der Waals surface area contributed by atoms with Crippen LogP contribution >= 0.6 is 0 Å². The van der Waals surface area contributed by atoms with Gasteiger partial charge in [-0.1, -0.05) is 133 Å². The van der Waals surface area contributed by atoms with Crippen molar-refractivity contribution in [3.05, 3.63) is 174 Å². The zero-order chi connectivity index (χ0) is 46.5. The van der Waals surface area contributed by atoms with Gasteiger partial charge >= 0.3 is 0 Å². The third kappa shape index (κ3) is 9.32. The molecule has 2 saturated carbocycles. The van der Waals surface area contributed by atoms with Gasteiger partial charge in [0.1, 0.15) is 29.9 Å². The molecule has 4 aliphatic rings. The molecule has 9 heteroatoms. The van der Waals surface area contributed by atoms with E-state index in [-0.39, 0.29) is 56.0 Å². The largest absolute Gasteiger partial charge is 0.459 e. The van der Waals surface area contributed by atoms with Crippen molar-refractivity contribution in [1.29, 1.82) is 0 Å². The number of amides is 1. The summed E-state index contributed by atoms with van der Waals surface area (Å²) in [5.74, 6) is 0.314. The van der Waals surface area contributed by atoms with Crippen molar-refractivity contribution in [3.63, 3.8) is 0 Å². The lowest BCUT2D eigenvalue weighted by molar-refractivity contribution is -0.258. The van der Waals surface area contributed by atoms with Crippen LogP contribution in [0.5, 0.6) is 17.2 Å². The van der Waals surface area contributed by atoms with Gasteiger partial charge in [-0.15, -0.1) is 6.58 Å². The van der Waals surface area contributed by atoms with E-state index in [4.69, 9.17) is 24.2 Å². The van der Waals surface area contributed by atoms with Crippen LogP contribution in [0.1, 0.15) is 80.4 Å². The molecule has 6 atom stereocenters. The highest BCUT2D eigenvalue weighted by Gasteiger charge is 2.66. The first-order valence-electron chi connectivity index (χ1n) is 24.7. The van der Waals surface area contributed by atoms with Crippen LogP contribution in [-0.2, 0) is 27.5 Å². The zero-order valence-corrected chi connectivity index (χ0v) is 38.8. The maximum atomic E-state index is 15.2. The van der Waals surface area contributed by atoms with Crippen molar-refractivity contribution in [1.82, 2.24) is 4.90 Å². The summed E-state index contributed by atoms with van der Waals surface area (Å²) in [5.41, 5.74) is 4.85. The Kier molecular flexibility index (Phi) is 13.7. The molecule has 0 radical (unpaired) electrons. The van der Waals surface area contributed by atoms with E-state index < -0.39 is 17.7 Å². The molecule has 10 rings (SSSR count). The number of benzene rings is 6. The van der Waals surface area contributed by atoms with Gasteiger partial charge in [-0.2, -0.15) is 0 Å². The molecular formula is C59H62N2O7. The summed E-state index contributed by atoms with van der Waals surface area (Å²) in [6.07, 6.45) is 10.9. The Hall–Kier alpha value is -6.26. The molecule has 1 aliphatic heterocycles. The molecule has 1 heterocycles. The Balaban J connectivity index is 1.16. The third-order valence-corrected chi connectivity index (χ3v) is 14.7. The van der Waals surface area contributed by atoms with Crippen LogP contribution in [-0.4, -0.2) is 58.4 Å². The fourth-order valence-electron chi connectivity index (χ4n) is 11.4. The second kappa shape index (κ2) is 20.5. The first kappa shape index (κ1) is 45.5. The summed E-state index contributed by atoms with van der Waals surface area (Å²) in [6.45, 7) is 5.20. The molecule has 1 amide bonds. The molecule has 3 aliphatic carbocycles. The normalized spacial score (nSPS) is 23.3. The van der Waals surface area contributed by atoms with Gasteiger partial charge in [0.15, 0.2) is 0 Å². The lowest BCUT2D eigenvalue weighted by atomic mass is 9.55. The lowest BCUT2D eigenvalue weighted by Crippen LogP contribution is -2.70. The van der Waals surface area contributed by atoms with E-state index >= 15 is 4.79 Å². The van der Waals surface area contributed by atoms with Crippen LogP contribution < -0.4 is 9.47 Å². The molecule has 2 N–H and O–H groups in total. The highest BCUT2D eigenvalue weighted by atomic mass is 16.7. The molecule has 0 aromatic heterocycles. The topological polar surface area (TPSA) is 110 Å². The number of carbonyl (C=O) groups is 1. The number of hydrogen-bond acceptors (Lipinski definition) is 8. The van der Waals surface area contributed by atoms with Crippen molar-refractivity contribution in [3.8, 4) is 17.2 Å². The number of allylic oxidation sites excluding steroid dienone is 1. The van der Waals surface area contributed by atoms with E-state index in [1.165, 1.54) is 0 Å². The number of fused-ring (bicyclic) bond motifs is 4. The summed E-state index contributed by atoms with van der Waals surface area (Å²) in [7, 11) is 0. The minimum atomic E-state index is -1.36. The number of aliphatic hydroxyl groups excluding tert-OH is 2. The summed E-state index contributed by atoms with van der Waals surface area (Å²) in [6, 6.07) is 44.7. The maximum absolute atomic E-state index is 15.2. The van der Waals surface area contributed by atoms with E-state index in [1.807, 2.05) is 66.7 Å². The summed E-state index contributed by atoms with van der Waals surface area (Å²) in [5, 5.41) is 29.7.